The highest BCUT2D eigenvalue weighted by molar-refractivity contribution is 7.99. The topological polar surface area (TPSA) is 77.5 Å². The summed E-state index contributed by atoms with van der Waals surface area (Å²) in [6.45, 7) is 1.29. The molecule has 0 fully saturated rings. The summed E-state index contributed by atoms with van der Waals surface area (Å²) in [5.74, 6) is -0.347. The van der Waals surface area contributed by atoms with Crippen molar-refractivity contribution in [3.63, 3.8) is 0 Å². The van der Waals surface area contributed by atoms with Gasteiger partial charge in [0.1, 0.15) is 0 Å². The molecule has 0 radical (unpaired) electrons. The molecule has 0 aromatic heterocycles. The SMILES string of the molecule is CCS(=O)(=O)OS(C)(=O)=O. The van der Waals surface area contributed by atoms with Gasteiger partial charge in [0, 0.05) is 0 Å². The molecule has 0 unspecified atom stereocenters. The fourth-order valence-corrected chi connectivity index (χ4v) is 2.13. The molecule has 0 bridgehead atoms. The first kappa shape index (κ1) is 9.86. The van der Waals surface area contributed by atoms with Crippen molar-refractivity contribution in [2.75, 3.05) is 12.0 Å². The van der Waals surface area contributed by atoms with Gasteiger partial charge in [0.25, 0.3) is 20.2 Å². The third-order valence-corrected chi connectivity index (χ3v) is 3.11. The summed E-state index contributed by atoms with van der Waals surface area (Å²) in [6.07, 6.45) is 0.681. The number of rotatable bonds is 3. The summed E-state index contributed by atoms with van der Waals surface area (Å²) >= 11 is 0. The average Bonchev–Trinajstić information content (AvgIpc) is 1.60. The van der Waals surface area contributed by atoms with Crippen molar-refractivity contribution in [3.05, 3.63) is 0 Å². The molecule has 0 spiro atoms. The van der Waals surface area contributed by atoms with Crippen LogP contribution in [0, 0.1) is 0 Å². The standard InChI is InChI=1S/C3H8O5S2/c1-3-10(6,7)8-9(2,4)5/h3H2,1-2H3. The minimum Gasteiger partial charge on any atom is -0.199 e. The average molecular weight is 188 g/mol. The molecular formula is C3H8O5S2. The molecule has 0 atom stereocenters. The van der Waals surface area contributed by atoms with Crippen molar-refractivity contribution < 1.29 is 20.5 Å². The first-order valence-corrected chi connectivity index (χ1v) is 5.80. The van der Waals surface area contributed by atoms with E-state index >= 15 is 0 Å². The molecule has 0 saturated carbocycles. The Kier molecular flexibility index (Phi) is 2.81. The number of hydrogen-bond acceptors (Lipinski definition) is 5. The van der Waals surface area contributed by atoms with E-state index in [9.17, 15) is 16.8 Å². The van der Waals surface area contributed by atoms with Crippen LogP contribution in [0.25, 0.3) is 0 Å². The monoisotopic (exact) mass is 188 g/mol. The summed E-state index contributed by atoms with van der Waals surface area (Å²) in [5, 5.41) is 0. The summed E-state index contributed by atoms with van der Waals surface area (Å²) < 4.78 is 45.0. The number of hydrogen-bond donors (Lipinski definition) is 0. The van der Waals surface area contributed by atoms with Crippen LogP contribution in [0.1, 0.15) is 6.92 Å². The van der Waals surface area contributed by atoms with Crippen molar-refractivity contribution in [1.82, 2.24) is 0 Å². The van der Waals surface area contributed by atoms with Crippen molar-refractivity contribution in [1.29, 1.82) is 0 Å². The maximum Gasteiger partial charge on any atom is 0.281 e. The quantitative estimate of drug-likeness (QED) is 0.586. The van der Waals surface area contributed by atoms with Gasteiger partial charge in [0.2, 0.25) is 0 Å². The van der Waals surface area contributed by atoms with Gasteiger partial charge in [-0.1, -0.05) is 0 Å². The van der Waals surface area contributed by atoms with Gasteiger partial charge in [-0.05, 0) is 6.92 Å². The van der Waals surface area contributed by atoms with Gasteiger partial charge in [-0.3, -0.25) is 0 Å². The molecule has 0 aliphatic heterocycles. The van der Waals surface area contributed by atoms with Gasteiger partial charge in [-0.15, -0.1) is 3.63 Å². The Morgan fingerprint density at radius 1 is 1.20 bits per heavy atom. The van der Waals surface area contributed by atoms with E-state index in [2.05, 4.69) is 3.63 Å². The van der Waals surface area contributed by atoms with Crippen LogP contribution in [0.15, 0.2) is 0 Å². The molecule has 0 aliphatic carbocycles. The smallest absolute Gasteiger partial charge is 0.199 e. The Morgan fingerprint density at radius 3 is 1.70 bits per heavy atom. The molecule has 0 saturated heterocycles. The second kappa shape index (κ2) is 2.85. The third kappa shape index (κ3) is 4.71. The normalized spacial score (nSPS) is 13.4. The molecule has 7 heteroatoms. The molecule has 0 N–H and O–H groups in total. The molecule has 0 aromatic carbocycles. The van der Waals surface area contributed by atoms with E-state index in [0.717, 1.165) is 0 Å². The van der Waals surface area contributed by atoms with Crippen molar-refractivity contribution in [2.45, 2.75) is 6.92 Å². The van der Waals surface area contributed by atoms with E-state index in [1.807, 2.05) is 0 Å². The molecule has 0 rings (SSSR count). The fourth-order valence-electron chi connectivity index (χ4n) is 0.236. The molecule has 0 aromatic rings. The Bertz CT molecular complexity index is 283. The van der Waals surface area contributed by atoms with Crippen LogP contribution in [0.5, 0.6) is 0 Å². The highest BCUT2D eigenvalue weighted by atomic mass is 32.3. The highest BCUT2D eigenvalue weighted by Crippen LogP contribution is 1.97. The summed E-state index contributed by atoms with van der Waals surface area (Å²) in [6, 6.07) is 0. The summed E-state index contributed by atoms with van der Waals surface area (Å²) in [4.78, 5) is 0. The minimum atomic E-state index is -3.88. The van der Waals surface area contributed by atoms with Crippen molar-refractivity contribution >= 4 is 20.2 Å². The van der Waals surface area contributed by atoms with E-state index < -0.39 is 20.2 Å². The van der Waals surface area contributed by atoms with Crippen LogP contribution in [0.2, 0.25) is 0 Å². The fraction of sp³-hybridized carbons (Fsp3) is 1.00. The summed E-state index contributed by atoms with van der Waals surface area (Å²) in [5.41, 5.74) is 0. The Labute approximate surface area is 60.3 Å². The zero-order valence-electron chi connectivity index (χ0n) is 5.56. The van der Waals surface area contributed by atoms with E-state index in [4.69, 9.17) is 0 Å². The zero-order valence-corrected chi connectivity index (χ0v) is 7.20. The third-order valence-electron chi connectivity index (χ3n) is 0.581. The van der Waals surface area contributed by atoms with E-state index in [0.29, 0.717) is 6.26 Å². The van der Waals surface area contributed by atoms with E-state index in [-0.39, 0.29) is 5.75 Å². The highest BCUT2D eigenvalue weighted by Gasteiger charge is 2.14. The van der Waals surface area contributed by atoms with Gasteiger partial charge < -0.3 is 0 Å². The van der Waals surface area contributed by atoms with Crippen molar-refractivity contribution in [2.24, 2.45) is 0 Å². The predicted octanol–water partition coefficient (Wildman–Crippen LogP) is -0.688. The summed E-state index contributed by atoms with van der Waals surface area (Å²) in [7, 11) is -7.75. The first-order chi connectivity index (χ1) is 4.27. The maximum atomic E-state index is 10.4. The predicted molar refractivity (Wildman–Crippen MR) is 35.4 cm³/mol. The molecule has 62 valence electrons. The first-order valence-electron chi connectivity index (χ1n) is 2.40. The van der Waals surface area contributed by atoms with E-state index in [1.165, 1.54) is 6.92 Å². The van der Waals surface area contributed by atoms with Crippen LogP contribution in [-0.4, -0.2) is 28.8 Å². The van der Waals surface area contributed by atoms with E-state index in [1.54, 1.807) is 0 Å². The Hall–Kier alpha value is -0.140. The second-order valence-electron chi connectivity index (χ2n) is 1.62. The molecule has 0 aliphatic rings. The minimum absolute atomic E-state index is 0.347. The van der Waals surface area contributed by atoms with Gasteiger partial charge >= 0.3 is 0 Å². The maximum absolute atomic E-state index is 10.4. The van der Waals surface area contributed by atoms with Crippen LogP contribution in [-0.2, 0) is 23.9 Å². The van der Waals surface area contributed by atoms with Crippen LogP contribution >= 0.6 is 0 Å². The Balaban J connectivity index is 4.49. The lowest BCUT2D eigenvalue weighted by Crippen LogP contribution is -2.13. The lowest BCUT2D eigenvalue weighted by molar-refractivity contribution is 0.467. The van der Waals surface area contributed by atoms with Crippen molar-refractivity contribution in [3.8, 4) is 0 Å². The van der Waals surface area contributed by atoms with Gasteiger partial charge in [-0.25, -0.2) is 0 Å². The molecule has 10 heavy (non-hydrogen) atoms. The van der Waals surface area contributed by atoms with Crippen LogP contribution in [0.4, 0.5) is 0 Å². The molecule has 0 heterocycles. The van der Waals surface area contributed by atoms with Crippen LogP contribution in [0.3, 0.4) is 0 Å². The Morgan fingerprint density at radius 2 is 1.60 bits per heavy atom. The van der Waals surface area contributed by atoms with Gasteiger partial charge in [-0.2, -0.15) is 16.8 Å². The second-order valence-corrected chi connectivity index (χ2v) is 5.26. The lowest BCUT2D eigenvalue weighted by Gasteiger charge is -1.96. The van der Waals surface area contributed by atoms with Gasteiger partial charge in [0.05, 0.1) is 12.0 Å². The molecule has 0 amide bonds. The molecular weight excluding hydrogens is 180 g/mol. The zero-order chi connectivity index (χ0) is 8.41. The van der Waals surface area contributed by atoms with Gasteiger partial charge in [0.15, 0.2) is 0 Å². The van der Waals surface area contributed by atoms with Crippen LogP contribution < -0.4 is 0 Å². The lowest BCUT2D eigenvalue weighted by atomic mass is 11.0. The largest absolute Gasteiger partial charge is 0.281 e. The molecule has 5 nitrogen and oxygen atoms in total.